The Bertz CT molecular complexity index is 558. The molecule has 0 spiro atoms. The molecular formula is C15H20FN3. The van der Waals surface area contributed by atoms with Gasteiger partial charge in [0.2, 0.25) is 0 Å². The Kier molecular flexibility index (Phi) is 4.00. The lowest BCUT2D eigenvalue weighted by Gasteiger charge is -2.12. The van der Waals surface area contributed by atoms with E-state index < -0.39 is 0 Å². The summed E-state index contributed by atoms with van der Waals surface area (Å²) in [6.45, 7) is 4.06. The third-order valence-electron chi connectivity index (χ3n) is 3.54. The number of halogens is 1. The van der Waals surface area contributed by atoms with Gasteiger partial charge in [-0.1, -0.05) is 12.1 Å². The van der Waals surface area contributed by atoms with Crippen LogP contribution in [0.25, 0.3) is 0 Å². The van der Waals surface area contributed by atoms with Crippen LogP contribution in [0.5, 0.6) is 0 Å². The second-order valence-corrected chi connectivity index (χ2v) is 5.07. The molecule has 19 heavy (non-hydrogen) atoms. The molecule has 4 heteroatoms. The molecule has 0 fully saturated rings. The van der Waals surface area contributed by atoms with Crippen molar-refractivity contribution < 1.29 is 4.39 Å². The van der Waals surface area contributed by atoms with E-state index in [1.54, 1.807) is 12.1 Å². The fraction of sp³-hybridized carbons (Fsp3) is 0.400. The predicted molar refractivity (Wildman–Crippen MR) is 74.5 cm³/mol. The number of benzene rings is 1. The molecule has 0 aliphatic heterocycles. The van der Waals surface area contributed by atoms with Crippen LogP contribution in [0.1, 0.15) is 22.5 Å². The van der Waals surface area contributed by atoms with E-state index >= 15 is 0 Å². The van der Waals surface area contributed by atoms with Gasteiger partial charge in [0, 0.05) is 18.8 Å². The fourth-order valence-electron chi connectivity index (χ4n) is 2.37. The first kappa shape index (κ1) is 13.7. The Labute approximate surface area is 113 Å². The largest absolute Gasteiger partial charge is 0.327 e. The van der Waals surface area contributed by atoms with Gasteiger partial charge >= 0.3 is 0 Å². The molecule has 2 rings (SSSR count). The number of aryl methyl sites for hydroxylation is 2. The highest BCUT2D eigenvalue weighted by atomic mass is 19.1. The minimum absolute atomic E-state index is 0.0204. The first-order valence-corrected chi connectivity index (χ1v) is 6.46. The van der Waals surface area contributed by atoms with Crippen molar-refractivity contribution >= 4 is 0 Å². The number of hydrogen-bond acceptors (Lipinski definition) is 2. The molecule has 0 aliphatic rings. The molecular weight excluding hydrogens is 241 g/mol. The maximum Gasteiger partial charge on any atom is 0.123 e. The third-order valence-corrected chi connectivity index (χ3v) is 3.54. The summed E-state index contributed by atoms with van der Waals surface area (Å²) in [5.74, 6) is -0.212. The average Bonchev–Trinajstić information content (AvgIpc) is 2.59. The Balaban J connectivity index is 2.05. The van der Waals surface area contributed by atoms with E-state index in [0.29, 0.717) is 0 Å². The minimum atomic E-state index is -0.212. The summed E-state index contributed by atoms with van der Waals surface area (Å²) in [5, 5.41) is 4.39. The highest BCUT2D eigenvalue weighted by Crippen LogP contribution is 2.15. The summed E-state index contributed by atoms with van der Waals surface area (Å²) >= 11 is 0. The average molecular weight is 261 g/mol. The van der Waals surface area contributed by atoms with E-state index in [9.17, 15) is 4.39 Å². The monoisotopic (exact) mass is 261 g/mol. The first-order valence-electron chi connectivity index (χ1n) is 6.46. The second kappa shape index (κ2) is 5.53. The molecule has 0 bridgehead atoms. The molecule has 0 saturated heterocycles. The zero-order chi connectivity index (χ0) is 14.0. The van der Waals surface area contributed by atoms with E-state index in [2.05, 4.69) is 12.0 Å². The molecule has 1 aromatic heterocycles. The molecule has 102 valence electrons. The van der Waals surface area contributed by atoms with Gasteiger partial charge in [0.05, 0.1) is 5.69 Å². The second-order valence-electron chi connectivity index (χ2n) is 5.07. The van der Waals surface area contributed by atoms with Crippen LogP contribution in [0, 0.1) is 19.7 Å². The predicted octanol–water partition coefficient (Wildman–Crippen LogP) is 2.29. The summed E-state index contributed by atoms with van der Waals surface area (Å²) in [5.41, 5.74) is 10.7. The molecule has 0 amide bonds. The highest BCUT2D eigenvalue weighted by molar-refractivity contribution is 5.26. The van der Waals surface area contributed by atoms with E-state index in [0.717, 1.165) is 29.8 Å². The van der Waals surface area contributed by atoms with Crippen molar-refractivity contribution in [2.45, 2.75) is 32.7 Å². The van der Waals surface area contributed by atoms with Gasteiger partial charge in [0.1, 0.15) is 5.82 Å². The van der Waals surface area contributed by atoms with Crippen LogP contribution < -0.4 is 5.73 Å². The third kappa shape index (κ3) is 3.20. The summed E-state index contributed by atoms with van der Waals surface area (Å²) in [6.07, 6.45) is 1.54. The lowest BCUT2D eigenvalue weighted by molar-refractivity contribution is 0.623. The lowest BCUT2D eigenvalue weighted by Crippen LogP contribution is -2.26. The number of hydrogen-bond donors (Lipinski definition) is 1. The summed E-state index contributed by atoms with van der Waals surface area (Å²) in [7, 11) is 1.94. The van der Waals surface area contributed by atoms with Crippen LogP contribution in [0.2, 0.25) is 0 Å². The normalized spacial score (nSPS) is 12.7. The first-order chi connectivity index (χ1) is 8.97. The zero-order valence-corrected chi connectivity index (χ0v) is 11.7. The molecule has 1 aromatic carbocycles. The SMILES string of the molecule is Cc1nn(C)c(C)c1CC(N)Cc1ccc(F)cc1. The van der Waals surface area contributed by atoms with Gasteiger partial charge in [-0.15, -0.1) is 0 Å². The van der Waals surface area contributed by atoms with Gasteiger partial charge in [-0.05, 0) is 49.9 Å². The van der Waals surface area contributed by atoms with Crippen LogP contribution in [-0.2, 0) is 19.9 Å². The summed E-state index contributed by atoms with van der Waals surface area (Å²) in [4.78, 5) is 0. The quantitative estimate of drug-likeness (QED) is 0.917. The van der Waals surface area contributed by atoms with Crippen LogP contribution in [0.15, 0.2) is 24.3 Å². The molecule has 1 heterocycles. The summed E-state index contributed by atoms with van der Waals surface area (Å²) in [6, 6.07) is 6.55. The van der Waals surface area contributed by atoms with Crippen LogP contribution in [0.3, 0.4) is 0 Å². The Morgan fingerprint density at radius 1 is 1.21 bits per heavy atom. The zero-order valence-electron chi connectivity index (χ0n) is 11.7. The van der Waals surface area contributed by atoms with Crippen LogP contribution in [0.4, 0.5) is 4.39 Å². The van der Waals surface area contributed by atoms with Gasteiger partial charge in [-0.2, -0.15) is 5.10 Å². The summed E-state index contributed by atoms with van der Waals surface area (Å²) < 4.78 is 14.7. The van der Waals surface area contributed by atoms with E-state index in [1.807, 2.05) is 18.7 Å². The van der Waals surface area contributed by atoms with Crippen molar-refractivity contribution in [3.05, 3.63) is 52.6 Å². The maximum absolute atomic E-state index is 12.8. The number of nitrogens with zero attached hydrogens (tertiary/aromatic N) is 2. The van der Waals surface area contributed by atoms with Gasteiger partial charge in [0.25, 0.3) is 0 Å². The van der Waals surface area contributed by atoms with Gasteiger partial charge in [-0.3, -0.25) is 4.68 Å². The smallest absolute Gasteiger partial charge is 0.123 e. The maximum atomic E-state index is 12.8. The molecule has 3 nitrogen and oxygen atoms in total. The lowest BCUT2D eigenvalue weighted by atomic mass is 9.98. The standard InChI is InChI=1S/C15H20FN3/c1-10-15(11(2)19(3)18-10)9-14(17)8-12-4-6-13(16)7-5-12/h4-7,14H,8-9,17H2,1-3H3. The van der Waals surface area contributed by atoms with Crippen molar-refractivity contribution in [3.63, 3.8) is 0 Å². The highest BCUT2D eigenvalue weighted by Gasteiger charge is 2.13. The van der Waals surface area contributed by atoms with E-state index in [1.165, 1.54) is 17.7 Å². The molecule has 1 atom stereocenters. The number of rotatable bonds is 4. The topological polar surface area (TPSA) is 43.8 Å². The molecule has 2 aromatic rings. The van der Waals surface area contributed by atoms with E-state index in [4.69, 9.17) is 5.73 Å². The Hall–Kier alpha value is -1.68. The molecule has 0 saturated carbocycles. The van der Waals surface area contributed by atoms with Gasteiger partial charge in [0.15, 0.2) is 0 Å². The van der Waals surface area contributed by atoms with Crippen LogP contribution >= 0.6 is 0 Å². The van der Waals surface area contributed by atoms with Gasteiger partial charge in [-0.25, -0.2) is 4.39 Å². The molecule has 1 unspecified atom stereocenters. The molecule has 0 aliphatic carbocycles. The number of nitrogens with two attached hydrogens (primary N) is 1. The van der Waals surface area contributed by atoms with E-state index in [-0.39, 0.29) is 11.9 Å². The minimum Gasteiger partial charge on any atom is -0.327 e. The molecule has 0 radical (unpaired) electrons. The van der Waals surface area contributed by atoms with Crippen LogP contribution in [-0.4, -0.2) is 15.8 Å². The van der Waals surface area contributed by atoms with Crippen molar-refractivity contribution in [1.29, 1.82) is 0 Å². The van der Waals surface area contributed by atoms with Crippen molar-refractivity contribution in [2.75, 3.05) is 0 Å². The number of aromatic nitrogens is 2. The van der Waals surface area contributed by atoms with Crippen molar-refractivity contribution in [1.82, 2.24) is 9.78 Å². The Morgan fingerprint density at radius 3 is 2.37 bits per heavy atom. The Morgan fingerprint density at radius 2 is 1.84 bits per heavy atom. The van der Waals surface area contributed by atoms with Crippen molar-refractivity contribution in [3.8, 4) is 0 Å². The fourth-order valence-corrected chi connectivity index (χ4v) is 2.37. The van der Waals surface area contributed by atoms with Crippen molar-refractivity contribution in [2.24, 2.45) is 12.8 Å². The van der Waals surface area contributed by atoms with Gasteiger partial charge < -0.3 is 5.73 Å². The molecule has 2 N–H and O–H groups in total.